The van der Waals surface area contributed by atoms with Gasteiger partial charge < -0.3 is 19.9 Å². The standard InChI is InChI=1S/C27H22N4O5/c28-25(32)19-4-1-3-16(12-19)17-6-7-21-18(11-17)8-10-31-22(21)13-24(30-27(31)33)34-14-20-15-35-26-23(36-20)5-2-9-29-26/h1-7,9,11-13,20H,8,10,14-15H2,(H2,28,32). The lowest BCUT2D eigenvalue weighted by Gasteiger charge is -2.26. The van der Waals surface area contributed by atoms with Gasteiger partial charge in [0, 0.05) is 29.9 Å². The number of ether oxygens (including phenoxy) is 3. The maximum Gasteiger partial charge on any atom is 0.351 e. The first kappa shape index (κ1) is 21.8. The van der Waals surface area contributed by atoms with Crippen LogP contribution in [0.4, 0.5) is 0 Å². The predicted octanol–water partition coefficient (Wildman–Crippen LogP) is 2.85. The van der Waals surface area contributed by atoms with Gasteiger partial charge in [0.1, 0.15) is 13.2 Å². The molecular formula is C27H22N4O5. The Morgan fingerprint density at radius 3 is 2.89 bits per heavy atom. The van der Waals surface area contributed by atoms with E-state index in [-0.39, 0.29) is 30.9 Å². The van der Waals surface area contributed by atoms with Gasteiger partial charge in [-0.3, -0.25) is 9.36 Å². The Hall–Kier alpha value is -4.66. The van der Waals surface area contributed by atoms with Gasteiger partial charge >= 0.3 is 5.69 Å². The third-order valence-electron chi connectivity index (χ3n) is 6.31. The number of fused-ring (bicyclic) bond motifs is 4. The summed E-state index contributed by atoms with van der Waals surface area (Å²) in [5.41, 5.74) is 10.2. The molecule has 6 rings (SSSR count). The summed E-state index contributed by atoms with van der Waals surface area (Å²) in [7, 11) is 0. The van der Waals surface area contributed by atoms with E-state index in [1.807, 2.05) is 24.3 Å². The molecule has 9 nitrogen and oxygen atoms in total. The van der Waals surface area contributed by atoms with Crippen molar-refractivity contribution in [3.05, 3.63) is 88.5 Å². The number of primary amides is 1. The summed E-state index contributed by atoms with van der Waals surface area (Å²) in [4.78, 5) is 32.6. The van der Waals surface area contributed by atoms with Crippen LogP contribution in [-0.2, 0) is 13.0 Å². The van der Waals surface area contributed by atoms with Crippen LogP contribution in [0.25, 0.3) is 22.4 Å². The van der Waals surface area contributed by atoms with Gasteiger partial charge in [0.05, 0.1) is 5.69 Å². The molecule has 0 saturated carbocycles. The molecule has 9 heteroatoms. The third kappa shape index (κ3) is 4.04. The lowest BCUT2D eigenvalue weighted by atomic mass is 9.93. The molecule has 2 aliphatic rings. The average Bonchev–Trinajstić information content (AvgIpc) is 2.91. The van der Waals surface area contributed by atoms with Crippen molar-refractivity contribution in [3.8, 4) is 39.9 Å². The first-order valence-corrected chi connectivity index (χ1v) is 11.6. The Morgan fingerprint density at radius 1 is 1.11 bits per heavy atom. The van der Waals surface area contributed by atoms with Gasteiger partial charge in [-0.1, -0.05) is 30.3 Å². The maximum atomic E-state index is 12.8. The van der Waals surface area contributed by atoms with Crippen LogP contribution in [0.5, 0.6) is 17.5 Å². The number of rotatable bonds is 5. The quantitative estimate of drug-likeness (QED) is 0.465. The number of benzene rings is 2. The Morgan fingerprint density at radius 2 is 2.00 bits per heavy atom. The molecule has 1 atom stereocenters. The van der Waals surface area contributed by atoms with Crippen molar-refractivity contribution in [2.24, 2.45) is 5.73 Å². The highest BCUT2D eigenvalue weighted by Crippen LogP contribution is 2.34. The van der Waals surface area contributed by atoms with Gasteiger partial charge in [0.2, 0.25) is 11.8 Å². The molecule has 4 heterocycles. The number of aromatic nitrogens is 3. The van der Waals surface area contributed by atoms with E-state index >= 15 is 0 Å². The zero-order valence-electron chi connectivity index (χ0n) is 19.2. The third-order valence-corrected chi connectivity index (χ3v) is 6.31. The highest BCUT2D eigenvalue weighted by Gasteiger charge is 2.24. The van der Waals surface area contributed by atoms with Crippen molar-refractivity contribution in [1.82, 2.24) is 14.5 Å². The Balaban J connectivity index is 1.25. The number of pyridine rings is 1. The van der Waals surface area contributed by atoms with Crippen molar-refractivity contribution in [3.63, 3.8) is 0 Å². The minimum atomic E-state index is -0.464. The lowest BCUT2D eigenvalue weighted by Crippen LogP contribution is -2.35. The molecule has 0 spiro atoms. The fourth-order valence-electron chi connectivity index (χ4n) is 4.53. The Kier molecular flexibility index (Phi) is 5.37. The van der Waals surface area contributed by atoms with Crippen molar-refractivity contribution in [1.29, 1.82) is 0 Å². The molecule has 2 aliphatic heterocycles. The summed E-state index contributed by atoms with van der Waals surface area (Å²) in [6.45, 7) is 0.977. The van der Waals surface area contributed by atoms with Crippen LogP contribution >= 0.6 is 0 Å². The second-order valence-corrected chi connectivity index (χ2v) is 8.65. The molecule has 1 amide bonds. The monoisotopic (exact) mass is 482 g/mol. The smallest absolute Gasteiger partial charge is 0.351 e. The average molecular weight is 482 g/mol. The van der Waals surface area contributed by atoms with Crippen molar-refractivity contribution in [2.45, 2.75) is 19.1 Å². The number of hydrogen-bond donors (Lipinski definition) is 1. The summed E-state index contributed by atoms with van der Waals surface area (Å²) >= 11 is 0. The number of nitrogens with zero attached hydrogens (tertiary/aromatic N) is 3. The predicted molar refractivity (Wildman–Crippen MR) is 131 cm³/mol. The summed E-state index contributed by atoms with van der Waals surface area (Å²) in [6.07, 6.45) is 1.98. The van der Waals surface area contributed by atoms with Gasteiger partial charge in [-0.2, -0.15) is 4.98 Å². The normalized spacial score (nSPS) is 15.5. The van der Waals surface area contributed by atoms with E-state index in [0.29, 0.717) is 30.2 Å². The lowest BCUT2D eigenvalue weighted by molar-refractivity contribution is 0.0486. The Labute approximate surface area is 206 Å². The molecule has 2 aromatic heterocycles. The van der Waals surface area contributed by atoms with Gasteiger partial charge in [-0.25, -0.2) is 9.78 Å². The maximum absolute atomic E-state index is 12.8. The fraction of sp³-hybridized carbons (Fsp3) is 0.185. The van der Waals surface area contributed by atoms with Crippen LogP contribution in [0.1, 0.15) is 15.9 Å². The molecule has 0 radical (unpaired) electrons. The van der Waals surface area contributed by atoms with Crippen LogP contribution < -0.4 is 25.6 Å². The summed E-state index contributed by atoms with van der Waals surface area (Å²) in [5.74, 6) is 0.783. The van der Waals surface area contributed by atoms with Crippen LogP contribution in [-0.4, -0.2) is 39.8 Å². The zero-order chi connectivity index (χ0) is 24.6. The Bertz CT molecular complexity index is 1550. The SMILES string of the molecule is NC(=O)c1cccc(-c2ccc3c(c2)CCn2c-3cc(OCC3COc4ncccc4O3)nc2=O)c1. The van der Waals surface area contributed by atoms with Gasteiger partial charge in [-0.15, -0.1) is 0 Å². The highest BCUT2D eigenvalue weighted by molar-refractivity contribution is 5.94. The number of hydrogen-bond acceptors (Lipinski definition) is 7. The molecule has 2 N–H and O–H groups in total. The minimum absolute atomic E-state index is 0.173. The van der Waals surface area contributed by atoms with E-state index in [4.69, 9.17) is 19.9 Å². The van der Waals surface area contributed by atoms with E-state index in [1.54, 1.807) is 41.1 Å². The molecule has 1 unspecified atom stereocenters. The highest BCUT2D eigenvalue weighted by atomic mass is 16.6. The number of carbonyl (C=O) groups is 1. The second-order valence-electron chi connectivity index (χ2n) is 8.65. The van der Waals surface area contributed by atoms with E-state index < -0.39 is 5.91 Å². The summed E-state index contributed by atoms with van der Waals surface area (Å²) in [5, 5.41) is 0. The van der Waals surface area contributed by atoms with Gasteiger partial charge in [-0.05, 0) is 47.4 Å². The number of amides is 1. The zero-order valence-corrected chi connectivity index (χ0v) is 19.2. The first-order valence-electron chi connectivity index (χ1n) is 11.6. The number of carbonyl (C=O) groups excluding carboxylic acids is 1. The van der Waals surface area contributed by atoms with Crippen molar-refractivity contribution < 1.29 is 19.0 Å². The van der Waals surface area contributed by atoms with Crippen LogP contribution in [0, 0.1) is 0 Å². The van der Waals surface area contributed by atoms with Gasteiger partial charge in [0.15, 0.2) is 11.9 Å². The molecule has 2 aromatic carbocycles. The van der Waals surface area contributed by atoms with Crippen LogP contribution in [0.3, 0.4) is 0 Å². The first-order chi connectivity index (χ1) is 17.5. The topological polar surface area (TPSA) is 119 Å². The second kappa shape index (κ2) is 8.84. The molecule has 0 bridgehead atoms. The molecular weight excluding hydrogens is 460 g/mol. The van der Waals surface area contributed by atoms with Gasteiger partial charge in [0.25, 0.3) is 5.88 Å². The number of nitrogens with two attached hydrogens (primary N) is 1. The van der Waals surface area contributed by atoms with E-state index in [2.05, 4.69) is 16.0 Å². The molecule has 0 aliphatic carbocycles. The van der Waals surface area contributed by atoms with Crippen molar-refractivity contribution in [2.75, 3.05) is 13.2 Å². The van der Waals surface area contributed by atoms with Crippen LogP contribution in [0.2, 0.25) is 0 Å². The fourth-order valence-corrected chi connectivity index (χ4v) is 4.53. The molecule has 180 valence electrons. The minimum Gasteiger partial charge on any atom is -0.478 e. The molecule has 0 saturated heterocycles. The molecule has 36 heavy (non-hydrogen) atoms. The molecule has 4 aromatic rings. The summed E-state index contributed by atoms with van der Waals surface area (Å²) < 4.78 is 19.0. The summed E-state index contributed by atoms with van der Waals surface area (Å²) in [6, 6.07) is 18.6. The number of aryl methyl sites for hydroxylation is 1. The van der Waals surface area contributed by atoms with Crippen molar-refractivity contribution >= 4 is 5.91 Å². The molecule has 0 fully saturated rings. The van der Waals surface area contributed by atoms with E-state index in [1.165, 1.54) is 0 Å². The van der Waals surface area contributed by atoms with E-state index in [0.717, 1.165) is 27.9 Å². The van der Waals surface area contributed by atoms with E-state index in [9.17, 15) is 9.59 Å². The van der Waals surface area contributed by atoms with Crippen LogP contribution in [0.15, 0.2) is 71.7 Å². The largest absolute Gasteiger partial charge is 0.478 e.